The summed E-state index contributed by atoms with van der Waals surface area (Å²) in [5.41, 5.74) is 6.87. The Labute approximate surface area is 94.8 Å². The van der Waals surface area contributed by atoms with E-state index in [4.69, 9.17) is 5.73 Å². The summed E-state index contributed by atoms with van der Waals surface area (Å²) in [5.74, 6) is 0.0526. The first-order chi connectivity index (χ1) is 7.11. The van der Waals surface area contributed by atoms with Crippen LogP contribution in [0.2, 0.25) is 0 Å². The molecule has 1 aromatic carbocycles. The third-order valence-electron chi connectivity index (χ3n) is 2.10. The summed E-state index contributed by atoms with van der Waals surface area (Å²) in [6.07, 6.45) is 0. The van der Waals surface area contributed by atoms with Crippen molar-refractivity contribution >= 4 is 21.7 Å². The maximum atomic E-state index is 13.5. The van der Waals surface area contributed by atoms with E-state index < -0.39 is 0 Å². The average Bonchev–Trinajstić information content (AvgIpc) is 2.47. The van der Waals surface area contributed by atoms with E-state index in [0.717, 1.165) is 5.69 Å². The molecule has 0 aliphatic rings. The van der Waals surface area contributed by atoms with E-state index in [1.807, 2.05) is 0 Å². The molecular weight excluding hydrogens is 261 g/mol. The Kier molecular flexibility index (Phi) is 2.48. The van der Waals surface area contributed by atoms with Crippen LogP contribution in [0.1, 0.15) is 5.69 Å². The number of hydrogen-bond acceptors (Lipinski definition) is 2. The molecule has 3 nitrogen and oxygen atoms in total. The fourth-order valence-electron chi connectivity index (χ4n) is 1.33. The van der Waals surface area contributed by atoms with Crippen LogP contribution in [0.5, 0.6) is 0 Å². The maximum Gasteiger partial charge on any atom is 0.148 e. The molecule has 0 amide bonds. The fraction of sp³-hybridized carbons (Fsp3) is 0.100. The highest BCUT2D eigenvalue weighted by Crippen LogP contribution is 2.26. The van der Waals surface area contributed by atoms with Crippen LogP contribution in [0.25, 0.3) is 5.69 Å². The molecule has 15 heavy (non-hydrogen) atoms. The molecule has 0 saturated heterocycles. The molecule has 2 aromatic rings. The number of anilines is 1. The number of aromatic nitrogens is 2. The first kappa shape index (κ1) is 10.2. The number of nitrogen functional groups attached to an aromatic ring is 1. The quantitative estimate of drug-likeness (QED) is 0.865. The molecule has 0 fully saturated rings. The van der Waals surface area contributed by atoms with Crippen LogP contribution < -0.4 is 5.73 Å². The van der Waals surface area contributed by atoms with E-state index in [0.29, 0.717) is 16.0 Å². The van der Waals surface area contributed by atoms with Gasteiger partial charge in [0.15, 0.2) is 0 Å². The average molecular weight is 270 g/mol. The molecule has 2 N–H and O–H groups in total. The highest BCUT2D eigenvalue weighted by molar-refractivity contribution is 9.10. The summed E-state index contributed by atoms with van der Waals surface area (Å²) in [7, 11) is 0. The van der Waals surface area contributed by atoms with E-state index in [1.165, 1.54) is 10.7 Å². The molecule has 0 spiro atoms. The number of halogens is 2. The molecule has 0 aliphatic heterocycles. The Bertz CT molecular complexity index is 507. The summed E-state index contributed by atoms with van der Waals surface area (Å²) in [5, 5.41) is 4.15. The van der Waals surface area contributed by atoms with Crippen LogP contribution in [-0.2, 0) is 0 Å². The lowest BCUT2D eigenvalue weighted by atomic mass is 10.3. The standard InChI is InChI=1S/C10H9BrFN3/c1-6-9(11)10(13)15(14-6)8-5-3-2-4-7(8)12/h2-5H,13H2,1H3. The first-order valence-corrected chi connectivity index (χ1v) is 5.16. The van der Waals surface area contributed by atoms with Crippen molar-refractivity contribution in [3.8, 4) is 5.69 Å². The predicted molar refractivity (Wildman–Crippen MR) is 60.4 cm³/mol. The van der Waals surface area contributed by atoms with E-state index in [-0.39, 0.29) is 5.82 Å². The van der Waals surface area contributed by atoms with Crippen LogP contribution in [0, 0.1) is 12.7 Å². The summed E-state index contributed by atoms with van der Waals surface area (Å²) in [6, 6.07) is 6.37. The zero-order valence-electron chi connectivity index (χ0n) is 8.04. The second kappa shape index (κ2) is 3.66. The smallest absolute Gasteiger partial charge is 0.148 e. The van der Waals surface area contributed by atoms with Crippen molar-refractivity contribution in [1.29, 1.82) is 0 Å². The number of hydrogen-bond donors (Lipinski definition) is 1. The Morgan fingerprint density at radius 3 is 2.60 bits per heavy atom. The van der Waals surface area contributed by atoms with Crippen LogP contribution in [0.15, 0.2) is 28.7 Å². The number of rotatable bonds is 1. The minimum atomic E-state index is -0.348. The highest BCUT2D eigenvalue weighted by atomic mass is 79.9. The summed E-state index contributed by atoms with van der Waals surface area (Å²) >= 11 is 3.29. The summed E-state index contributed by atoms with van der Waals surface area (Å²) < 4.78 is 15.5. The third kappa shape index (κ3) is 1.63. The topological polar surface area (TPSA) is 43.8 Å². The van der Waals surface area contributed by atoms with Gasteiger partial charge in [0.05, 0.1) is 10.2 Å². The van der Waals surface area contributed by atoms with Crippen molar-refractivity contribution in [2.45, 2.75) is 6.92 Å². The van der Waals surface area contributed by atoms with Gasteiger partial charge in [-0.1, -0.05) is 12.1 Å². The van der Waals surface area contributed by atoms with E-state index >= 15 is 0 Å². The number of aryl methyl sites for hydroxylation is 1. The number of benzene rings is 1. The molecule has 0 unspecified atom stereocenters. The van der Waals surface area contributed by atoms with Gasteiger partial charge >= 0.3 is 0 Å². The normalized spacial score (nSPS) is 10.6. The SMILES string of the molecule is Cc1nn(-c2ccccc2F)c(N)c1Br. The van der Waals surface area contributed by atoms with Gasteiger partial charge in [0.2, 0.25) is 0 Å². The van der Waals surface area contributed by atoms with Gasteiger partial charge in [-0.3, -0.25) is 0 Å². The zero-order chi connectivity index (χ0) is 11.0. The third-order valence-corrected chi connectivity index (χ3v) is 3.08. The van der Waals surface area contributed by atoms with Gasteiger partial charge in [0, 0.05) is 0 Å². The molecule has 5 heteroatoms. The molecule has 0 radical (unpaired) electrons. The second-order valence-electron chi connectivity index (χ2n) is 3.15. The van der Waals surface area contributed by atoms with Gasteiger partial charge in [-0.2, -0.15) is 5.10 Å². The van der Waals surface area contributed by atoms with Crippen LogP contribution in [0.3, 0.4) is 0 Å². The zero-order valence-corrected chi connectivity index (χ0v) is 9.62. The molecule has 78 valence electrons. The van der Waals surface area contributed by atoms with Crippen molar-refractivity contribution in [2.24, 2.45) is 0 Å². The van der Waals surface area contributed by atoms with Crippen molar-refractivity contribution in [2.75, 3.05) is 5.73 Å². The molecule has 1 aromatic heterocycles. The lowest BCUT2D eigenvalue weighted by molar-refractivity contribution is 0.611. The van der Waals surface area contributed by atoms with Gasteiger partial charge < -0.3 is 5.73 Å². The molecule has 0 atom stereocenters. The molecule has 0 saturated carbocycles. The largest absolute Gasteiger partial charge is 0.383 e. The number of nitrogens with zero attached hydrogens (tertiary/aromatic N) is 2. The Balaban J connectivity index is 2.65. The van der Waals surface area contributed by atoms with E-state index in [1.54, 1.807) is 25.1 Å². The van der Waals surface area contributed by atoms with Gasteiger partial charge in [-0.25, -0.2) is 9.07 Å². The van der Waals surface area contributed by atoms with E-state index in [2.05, 4.69) is 21.0 Å². The van der Waals surface area contributed by atoms with E-state index in [9.17, 15) is 4.39 Å². The molecular formula is C10H9BrFN3. The highest BCUT2D eigenvalue weighted by Gasteiger charge is 2.13. The minimum absolute atomic E-state index is 0.348. The van der Waals surface area contributed by atoms with Gasteiger partial charge in [-0.15, -0.1) is 0 Å². The first-order valence-electron chi connectivity index (χ1n) is 4.36. The van der Waals surface area contributed by atoms with Crippen LogP contribution >= 0.6 is 15.9 Å². The lowest BCUT2D eigenvalue weighted by Crippen LogP contribution is -2.04. The minimum Gasteiger partial charge on any atom is -0.383 e. The van der Waals surface area contributed by atoms with Crippen LogP contribution in [-0.4, -0.2) is 9.78 Å². The molecule has 0 aliphatic carbocycles. The maximum absolute atomic E-state index is 13.5. The van der Waals surface area contributed by atoms with Crippen molar-refractivity contribution in [1.82, 2.24) is 9.78 Å². The number of para-hydroxylation sites is 1. The van der Waals surface area contributed by atoms with Crippen LogP contribution in [0.4, 0.5) is 10.2 Å². The monoisotopic (exact) mass is 269 g/mol. The van der Waals surface area contributed by atoms with Gasteiger partial charge in [0.1, 0.15) is 17.3 Å². The Hall–Kier alpha value is -1.36. The fourth-order valence-corrected chi connectivity index (χ4v) is 1.58. The second-order valence-corrected chi connectivity index (χ2v) is 3.94. The van der Waals surface area contributed by atoms with Crippen molar-refractivity contribution < 1.29 is 4.39 Å². The Morgan fingerprint density at radius 2 is 2.07 bits per heavy atom. The lowest BCUT2D eigenvalue weighted by Gasteiger charge is -2.04. The molecule has 0 bridgehead atoms. The molecule has 1 heterocycles. The number of nitrogens with two attached hydrogens (primary N) is 1. The van der Waals surface area contributed by atoms with Gasteiger partial charge in [-0.05, 0) is 35.0 Å². The molecule has 2 rings (SSSR count). The van der Waals surface area contributed by atoms with Gasteiger partial charge in [0.25, 0.3) is 0 Å². The van der Waals surface area contributed by atoms with Crippen molar-refractivity contribution in [3.05, 3.63) is 40.2 Å². The summed E-state index contributed by atoms with van der Waals surface area (Å²) in [6.45, 7) is 1.80. The van der Waals surface area contributed by atoms with Crippen molar-refractivity contribution in [3.63, 3.8) is 0 Å². The predicted octanol–water partition coefficient (Wildman–Crippen LogP) is 2.66. The summed E-state index contributed by atoms with van der Waals surface area (Å²) in [4.78, 5) is 0. The Morgan fingerprint density at radius 1 is 1.40 bits per heavy atom.